The zero-order chi connectivity index (χ0) is 33.0. The van der Waals surface area contributed by atoms with E-state index in [-0.39, 0.29) is 58.1 Å². The minimum atomic E-state index is -4.25. The number of rotatable bonds is 13. The first-order chi connectivity index (χ1) is 21.9. The number of piperidine rings is 1. The number of carbonyl (C=O) groups excluding carboxylic acids is 1. The Kier molecular flexibility index (Phi) is 10.6. The van der Waals surface area contributed by atoms with Crippen LogP contribution in [-0.2, 0) is 26.0 Å². The number of esters is 1. The lowest BCUT2D eigenvalue weighted by Crippen LogP contribution is -2.48. The minimum absolute atomic E-state index is 0.0184. The van der Waals surface area contributed by atoms with Crippen LogP contribution in [0.5, 0.6) is 11.5 Å². The highest BCUT2D eigenvalue weighted by molar-refractivity contribution is 7.89. The van der Waals surface area contributed by atoms with Gasteiger partial charge < -0.3 is 14.2 Å². The van der Waals surface area contributed by atoms with E-state index < -0.39 is 39.7 Å². The molecule has 0 radical (unpaired) electrons. The van der Waals surface area contributed by atoms with Crippen molar-refractivity contribution in [1.82, 2.24) is 9.29 Å². The van der Waals surface area contributed by atoms with Gasteiger partial charge in [-0.25, -0.2) is 8.42 Å². The maximum atomic E-state index is 13.8. The van der Waals surface area contributed by atoms with Crippen LogP contribution in [0.15, 0.2) is 59.8 Å². The van der Waals surface area contributed by atoms with Gasteiger partial charge in [0, 0.05) is 37.5 Å². The van der Waals surface area contributed by atoms with Gasteiger partial charge in [-0.2, -0.15) is 13.1 Å². The lowest BCUT2D eigenvalue weighted by Gasteiger charge is -2.34. The monoisotopic (exact) mass is 699 g/mol. The maximum absolute atomic E-state index is 13.8. The highest BCUT2D eigenvalue weighted by Gasteiger charge is 2.40. The van der Waals surface area contributed by atoms with E-state index in [0.717, 1.165) is 41.4 Å². The summed E-state index contributed by atoms with van der Waals surface area (Å²) < 4.78 is 71.1. The lowest BCUT2D eigenvalue weighted by atomic mass is 10.0. The van der Waals surface area contributed by atoms with Crippen molar-refractivity contribution < 1.29 is 41.1 Å². The number of nitrogens with zero attached hydrogens (tertiary/aromatic N) is 3. The van der Waals surface area contributed by atoms with Gasteiger partial charge in [-0.3, -0.25) is 19.9 Å². The molecule has 0 amide bonds. The summed E-state index contributed by atoms with van der Waals surface area (Å²) in [4.78, 5) is 28.0. The molecule has 0 unspecified atom stereocenters. The van der Waals surface area contributed by atoms with Gasteiger partial charge in [-0.1, -0.05) is 29.3 Å². The van der Waals surface area contributed by atoms with Crippen LogP contribution < -0.4 is 9.47 Å². The molecule has 2 aromatic carbocycles. The number of nitro groups is 1. The average Bonchev–Trinajstić information content (AvgIpc) is 3.86. The van der Waals surface area contributed by atoms with Crippen molar-refractivity contribution in [2.24, 2.45) is 5.92 Å². The van der Waals surface area contributed by atoms with Crippen molar-refractivity contribution in [2.45, 2.75) is 62.2 Å². The van der Waals surface area contributed by atoms with Crippen LogP contribution in [0.1, 0.15) is 49.3 Å². The molecule has 2 atom stereocenters. The van der Waals surface area contributed by atoms with Crippen LogP contribution in [0.3, 0.4) is 0 Å². The number of alkyl halides is 2. The summed E-state index contributed by atoms with van der Waals surface area (Å²) in [7, 11) is -4.25. The topological polar surface area (TPSA) is 138 Å². The van der Waals surface area contributed by atoms with Crippen LogP contribution in [0, 0.1) is 16.0 Å². The van der Waals surface area contributed by atoms with Gasteiger partial charge in [0.15, 0.2) is 11.5 Å². The number of pyridine rings is 1. The van der Waals surface area contributed by atoms with E-state index in [0.29, 0.717) is 29.9 Å². The molecular weight excluding hydrogens is 671 g/mol. The number of hydrogen-bond donors (Lipinski definition) is 0. The van der Waals surface area contributed by atoms with Crippen molar-refractivity contribution in [3.8, 4) is 11.5 Å². The molecule has 1 aliphatic carbocycles. The van der Waals surface area contributed by atoms with E-state index in [9.17, 15) is 32.1 Å². The summed E-state index contributed by atoms with van der Waals surface area (Å²) in [6.07, 6.45) is 4.63. The van der Waals surface area contributed by atoms with Gasteiger partial charge >= 0.3 is 12.6 Å². The Labute approximate surface area is 273 Å². The predicted octanol–water partition coefficient (Wildman–Crippen LogP) is 6.76. The number of nitro benzene ring substituents is 1. The fraction of sp³-hybridized carbons (Fsp3) is 0.400. The second-order valence-corrected chi connectivity index (χ2v) is 13.6. The number of hydrogen-bond acceptors (Lipinski definition) is 9. The summed E-state index contributed by atoms with van der Waals surface area (Å²) in [5, 5.41) is 11.5. The fourth-order valence-electron chi connectivity index (χ4n) is 5.09. The molecule has 0 spiro atoms. The molecule has 0 bridgehead atoms. The fourth-order valence-corrected chi connectivity index (χ4v) is 7.26. The van der Waals surface area contributed by atoms with Gasteiger partial charge in [-0.15, -0.1) is 0 Å². The Bertz CT molecular complexity index is 1670. The van der Waals surface area contributed by atoms with Gasteiger partial charge in [-0.05, 0) is 73.4 Å². The Morgan fingerprint density at radius 2 is 1.74 bits per heavy atom. The molecule has 11 nitrogen and oxygen atoms in total. The second kappa shape index (κ2) is 14.4. The molecule has 5 rings (SSSR count). The average molecular weight is 701 g/mol. The van der Waals surface area contributed by atoms with Crippen molar-refractivity contribution in [3.05, 3.63) is 86.1 Å². The SMILES string of the molecule is O=C(O[C@@H](Cc1c(Cl)cncc1Cl)c1ccc(OC(F)F)c(OCC2CC2)c1)[C@@H]1CCCCN1S(=O)(=O)c1ccc([N+](=O)[O-])cc1. The molecule has 16 heteroatoms. The summed E-state index contributed by atoms with van der Waals surface area (Å²) in [6.45, 7) is -2.80. The first-order valence-corrected chi connectivity index (χ1v) is 16.6. The van der Waals surface area contributed by atoms with Crippen LogP contribution >= 0.6 is 23.2 Å². The van der Waals surface area contributed by atoms with Crippen molar-refractivity contribution in [2.75, 3.05) is 13.2 Å². The molecule has 3 aromatic rings. The summed E-state index contributed by atoms with van der Waals surface area (Å²) >= 11 is 12.8. The Morgan fingerprint density at radius 3 is 2.37 bits per heavy atom. The quantitative estimate of drug-likeness (QED) is 0.108. The molecule has 246 valence electrons. The minimum Gasteiger partial charge on any atom is -0.489 e. The first-order valence-electron chi connectivity index (χ1n) is 14.4. The number of halogens is 4. The van der Waals surface area contributed by atoms with E-state index in [1.165, 1.54) is 30.6 Å². The van der Waals surface area contributed by atoms with Crippen molar-refractivity contribution >= 4 is 44.9 Å². The number of carbonyl (C=O) groups is 1. The third-order valence-electron chi connectivity index (χ3n) is 7.71. The summed E-state index contributed by atoms with van der Waals surface area (Å²) in [5.74, 6) is -0.735. The first kappa shape index (κ1) is 33.8. The van der Waals surface area contributed by atoms with Gasteiger partial charge in [0.2, 0.25) is 10.0 Å². The maximum Gasteiger partial charge on any atom is 0.387 e. The normalized spacial score (nSPS) is 17.8. The zero-order valence-electron chi connectivity index (χ0n) is 24.2. The van der Waals surface area contributed by atoms with E-state index in [2.05, 4.69) is 9.72 Å². The lowest BCUT2D eigenvalue weighted by molar-refractivity contribution is -0.384. The molecule has 1 aliphatic heterocycles. The molecule has 2 fully saturated rings. The van der Waals surface area contributed by atoms with Crippen molar-refractivity contribution in [1.29, 1.82) is 0 Å². The predicted molar refractivity (Wildman–Crippen MR) is 163 cm³/mol. The molecule has 1 aromatic heterocycles. The number of ether oxygens (including phenoxy) is 3. The van der Waals surface area contributed by atoms with Gasteiger partial charge in [0.05, 0.1) is 26.5 Å². The standard InChI is InChI=1S/C30H29Cl2F2N3O8S/c31-23-15-35-16-24(32)22(23)14-27(19-6-11-26(45-30(33)34)28(13-19)43-17-18-4-5-18)44-29(38)25-3-1-2-12-36(25)46(41,42)21-9-7-20(8-10-21)37(39)40/h6-11,13,15-16,18,25,27,30H,1-5,12,14,17H2/t25-,27-/m0/s1. The van der Waals surface area contributed by atoms with Crippen LogP contribution in [0.2, 0.25) is 10.0 Å². The van der Waals surface area contributed by atoms with Crippen LogP contribution in [0.25, 0.3) is 0 Å². The van der Waals surface area contributed by atoms with E-state index >= 15 is 0 Å². The third kappa shape index (κ3) is 8.03. The summed E-state index contributed by atoms with van der Waals surface area (Å²) in [5.41, 5.74) is 0.448. The van der Waals surface area contributed by atoms with Crippen LogP contribution in [0.4, 0.5) is 14.5 Å². The number of non-ortho nitro benzene ring substituents is 1. The third-order valence-corrected chi connectivity index (χ3v) is 10.3. The smallest absolute Gasteiger partial charge is 0.387 e. The Balaban J connectivity index is 1.47. The number of benzene rings is 2. The van der Waals surface area contributed by atoms with Gasteiger partial charge in [0.25, 0.3) is 5.69 Å². The van der Waals surface area contributed by atoms with E-state index in [1.54, 1.807) is 0 Å². The second-order valence-electron chi connectivity index (χ2n) is 10.9. The molecular formula is C30H29Cl2F2N3O8S. The highest BCUT2D eigenvalue weighted by Crippen LogP contribution is 2.38. The summed E-state index contributed by atoms with van der Waals surface area (Å²) in [6, 6.07) is 7.33. The Morgan fingerprint density at radius 1 is 1.04 bits per heavy atom. The van der Waals surface area contributed by atoms with Crippen molar-refractivity contribution in [3.63, 3.8) is 0 Å². The highest BCUT2D eigenvalue weighted by atomic mass is 35.5. The van der Waals surface area contributed by atoms with E-state index in [4.69, 9.17) is 32.7 Å². The molecule has 2 heterocycles. The zero-order valence-corrected chi connectivity index (χ0v) is 26.5. The number of sulfonamides is 1. The largest absolute Gasteiger partial charge is 0.489 e. The molecule has 0 N–H and O–H groups in total. The van der Waals surface area contributed by atoms with Gasteiger partial charge in [0.1, 0.15) is 12.1 Å². The molecule has 1 saturated carbocycles. The molecule has 46 heavy (non-hydrogen) atoms. The molecule has 1 saturated heterocycles. The number of aromatic nitrogens is 1. The van der Waals surface area contributed by atoms with E-state index in [1.807, 2.05) is 0 Å². The molecule has 2 aliphatic rings. The Hall–Kier alpha value is -3.59. The van der Waals surface area contributed by atoms with Crippen LogP contribution in [-0.4, -0.2) is 54.4 Å².